The lowest BCUT2D eigenvalue weighted by atomic mass is 10.1. The van der Waals surface area contributed by atoms with E-state index in [1.807, 2.05) is 25.1 Å². The topological polar surface area (TPSA) is 38.3 Å². The lowest BCUT2D eigenvalue weighted by Gasteiger charge is -2.10. The molecule has 0 spiro atoms. The van der Waals surface area contributed by atoms with Crippen LogP contribution in [0.25, 0.3) is 0 Å². The van der Waals surface area contributed by atoms with Crippen LogP contribution < -0.4 is 10.1 Å². The van der Waals surface area contributed by atoms with Gasteiger partial charge in [-0.1, -0.05) is 12.1 Å². The number of carbonyl (C=O) groups excluding carboxylic acids is 1. The van der Waals surface area contributed by atoms with Gasteiger partial charge in [0.15, 0.2) is 0 Å². The van der Waals surface area contributed by atoms with E-state index in [-0.39, 0.29) is 11.8 Å². The molecule has 0 heterocycles. The number of nitrogens with one attached hydrogen (secondary N) is 1. The number of benzene rings is 1. The zero-order valence-electron chi connectivity index (χ0n) is 8.84. The van der Waals surface area contributed by atoms with Crippen molar-refractivity contribution in [1.82, 2.24) is 5.32 Å². The molecule has 3 nitrogen and oxygen atoms in total. The SMILES string of the molecule is COc1cccc(CNC(=O)CCl)c1C. The summed E-state index contributed by atoms with van der Waals surface area (Å²) in [7, 11) is 1.63. The molecule has 0 aliphatic heterocycles. The highest BCUT2D eigenvalue weighted by Gasteiger charge is 2.05. The fraction of sp³-hybridized carbons (Fsp3) is 0.364. The molecule has 0 atom stereocenters. The molecule has 1 amide bonds. The first-order valence-corrected chi connectivity index (χ1v) is 5.17. The van der Waals surface area contributed by atoms with E-state index in [4.69, 9.17) is 16.3 Å². The number of halogens is 1. The Morgan fingerprint density at radius 2 is 2.27 bits per heavy atom. The fourth-order valence-electron chi connectivity index (χ4n) is 1.31. The van der Waals surface area contributed by atoms with Crippen molar-refractivity contribution >= 4 is 17.5 Å². The van der Waals surface area contributed by atoms with Crippen LogP contribution in [0, 0.1) is 6.92 Å². The maximum atomic E-state index is 11.0. The van der Waals surface area contributed by atoms with E-state index >= 15 is 0 Å². The summed E-state index contributed by atoms with van der Waals surface area (Å²) in [5, 5.41) is 2.71. The van der Waals surface area contributed by atoms with Gasteiger partial charge in [0.2, 0.25) is 5.91 Å². The van der Waals surface area contributed by atoms with Crippen molar-refractivity contribution in [2.75, 3.05) is 13.0 Å². The predicted octanol–water partition coefficient (Wildman–Crippen LogP) is 1.86. The van der Waals surface area contributed by atoms with E-state index in [2.05, 4.69) is 5.32 Å². The Kier molecular flexibility index (Phi) is 4.43. The van der Waals surface area contributed by atoms with Gasteiger partial charge in [-0.2, -0.15) is 0 Å². The molecule has 0 saturated heterocycles. The van der Waals surface area contributed by atoms with E-state index in [9.17, 15) is 4.79 Å². The molecule has 0 unspecified atom stereocenters. The van der Waals surface area contributed by atoms with E-state index in [0.717, 1.165) is 16.9 Å². The number of methoxy groups -OCH3 is 1. The van der Waals surface area contributed by atoms with Gasteiger partial charge >= 0.3 is 0 Å². The van der Waals surface area contributed by atoms with Crippen LogP contribution in [0.5, 0.6) is 5.75 Å². The number of rotatable bonds is 4. The predicted molar refractivity (Wildman–Crippen MR) is 60.3 cm³/mol. The van der Waals surface area contributed by atoms with Crippen molar-refractivity contribution in [3.63, 3.8) is 0 Å². The summed E-state index contributed by atoms with van der Waals surface area (Å²) in [6.07, 6.45) is 0. The van der Waals surface area contributed by atoms with Gasteiger partial charge in [0, 0.05) is 6.54 Å². The normalized spacial score (nSPS) is 9.80. The summed E-state index contributed by atoms with van der Waals surface area (Å²) in [5.74, 6) is 0.648. The average Bonchev–Trinajstić information content (AvgIpc) is 2.27. The molecule has 4 heteroatoms. The Bertz CT molecular complexity index is 352. The maximum Gasteiger partial charge on any atom is 0.235 e. The number of alkyl halides is 1. The monoisotopic (exact) mass is 227 g/mol. The summed E-state index contributed by atoms with van der Waals surface area (Å²) < 4.78 is 5.18. The first kappa shape index (κ1) is 11.9. The minimum atomic E-state index is -0.168. The molecule has 0 aliphatic carbocycles. The molecule has 1 aromatic rings. The molecular weight excluding hydrogens is 214 g/mol. The van der Waals surface area contributed by atoms with Gasteiger partial charge in [-0.25, -0.2) is 0 Å². The van der Waals surface area contributed by atoms with Crippen LogP contribution in [0.4, 0.5) is 0 Å². The molecule has 0 saturated carbocycles. The molecule has 0 fully saturated rings. The van der Waals surface area contributed by atoms with Gasteiger partial charge in [0.05, 0.1) is 7.11 Å². The number of ether oxygens (including phenoxy) is 1. The summed E-state index contributed by atoms with van der Waals surface area (Å²) in [6.45, 7) is 2.44. The first-order valence-electron chi connectivity index (χ1n) is 4.64. The van der Waals surface area contributed by atoms with Gasteiger partial charge < -0.3 is 10.1 Å². The average molecular weight is 228 g/mol. The first-order chi connectivity index (χ1) is 7.19. The zero-order chi connectivity index (χ0) is 11.3. The number of hydrogen-bond donors (Lipinski definition) is 1. The number of carbonyl (C=O) groups is 1. The van der Waals surface area contributed by atoms with E-state index in [1.165, 1.54) is 0 Å². The Morgan fingerprint density at radius 3 is 2.87 bits per heavy atom. The second-order valence-corrected chi connectivity index (χ2v) is 3.42. The van der Waals surface area contributed by atoms with Gasteiger partial charge in [0.25, 0.3) is 0 Å². The zero-order valence-corrected chi connectivity index (χ0v) is 9.60. The third kappa shape index (κ3) is 3.13. The minimum Gasteiger partial charge on any atom is -0.496 e. The highest BCUT2D eigenvalue weighted by atomic mass is 35.5. The second-order valence-electron chi connectivity index (χ2n) is 3.15. The van der Waals surface area contributed by atoms with Gasteiger partial charge in [-0.3, -0.25) is 4.79 Å². The summed E-state index contributed by atoms with van der Waals surface area (Å²) >= 11 is 5.38. The smallest absolute Gasteiger partial charge is 0.235 e. The summed E-state index contributed by atoms with van der Waals surface area (Å²) in [5.41, 5.74) is 2.07. The Balaban J connectivity index is 2.73. The lowest BCUT2D eigenvalue weighted by molar-refractivity contribution is -0.118. The molecule has 1 rings (SSSR count). The summed E-state index contributed by atoms with van der Waals surface area (Å²) in [4.78, 5) is 11.0. The fourth-order valence-corrected chi connectivity index (χ4v) is 1.41. The molecule has 82 valence electrons. The molecule has 15 heavy (non-hydrogen) atoms. The van der Waals surface area contributed by atoms with Crippen LogP contribution in [-0.4, -0.2) is 18.9 Å². The van der Waals surface area contributed by atoms with E-state index in [1.54, 1.807) is 7.11 Å². The van der Waals surface area contributed by atoms with Gasteiger partial charge in [-0.05, 0) is 24.1 Å². The van der Waals surface area contributed by atoms with Gasteiger partial charge in [-0.15, -0.1) is 11.6 Å². The Morgan fingerprint density at radius 1 is 1.53 bits per heavy atom. The molecule has 1 N–H and O–H groups in total. The van der Waals surface area contributed by atoms with Crippen molar-refractivity contribution in [1.29, 1.82) is 0 Å². The molecule has 1 aromatic carbocycles. The third-order valence-corrected chi connectivity index (χ3v) is 2.46. The van der Waals surface area contributed by atoms with Crippen LogP contribution >= 0.6 is 11.6 Å². The van der Waals surface area contributed by atoms with Crippen LogP contribution in [0.3, 0.4) is 0 Å². The van der Waals surface area contributed by atoms with Crippen LogP contribution in [0.15, 0.2) is 18.2 Å². The van der Waals surface area contributed by atoms with E-state index < -0.39 is 0 Å². The van der Waals surface area contributed by atoms with Crippen molar-refractivity contribution in [3.8, 4) is 5.75 Å². The standard InChI is InChI=1S/C11H14ClNO2/c1-8-9(7-13-11(14)6-12)4-3-5-10(8)15-2/h3-5H,6-7H2,1-2H3,(H,13,14). The molecule has 0 aromatic heterocycles. The quantitative estimate of drug-likeness (QED) is 0.798. The van der Waals surface area contributed by atoms with Crippen molar-refractivity contribution in [2.24, 2.45) is 0 Å². The molecule has 0 radical (unpaired) electrons. The lowest BCUT2D eigenvalue weighted by Crippen LogP contribution is -2.24. The molecule has 0 aliphatic rings. The van der Waals surface area contributed by atoms with Crippen LogP contribution in [-0.2, 0) is 11.3 Å². The maximum absolute atomic E-state index is 11.0. The van der Waals surface area contributed by atoms with Crippen molar-refractivity contribution < 1.29 is 9.53 Å². The van der Waals surface area contributed by atoms with E-state index in [0.29, 0.717) is 6.54 Å². The van der Waals surface area contributed by atoms with Gasteiger partial charge in [0.1, 0.15) is 11.6 Å². The largest absolute Gasteiger partial charge is 0.496 e. The number of amides is 1. The highest BCUT2D eigenvalue weighted by Crippen LogP contribution is 2.20. The van der Waals surface area contributed by atoms with Crippen molar-refractivity contribution in [2.45, 2.75) is 13.5 Å². The summed E-state index contributed by atoms with van der Waals surface area (Å²) in [6, 6.07) is 5.74. The third-order valence-electron chi connectivity index (χ3n) is 2.21. The molecule has 0 bridgehead atoms. The van der Waals surface area contributed by atoms with Crippen molar-refractivity contribution in [3.05, 3.63) is 29.3 Å². The minimum absolute atomic E-state index is 0.0109. The molecular formula is C11H14ClNO2. The van der Waals surface area contributed by atoms with Crippen LogP contribution in [0.2, 0.25) is 0 Å². The Labute approximate surface area is 94.4 Å². The second kappa shape index (κ2) is 5.61. The Hall–Kier alpha value is -1.22. The highest BCUT2D eigenvalue weighted by molar-refractivity contribution is 6.27. The van der Waals surface area contributed by atoms with Crippen LogP contribution in [0.1, 0.15) is 11.1 Å². The number of hydrogen-bond acceptors (Lipinski definition) is 2.